The molecule has 0 saturated carbocycles. The van der Waals surface area contributed by atoms with Crippen molar-refractivity contribution in [3.63, 3.8) is 0 Å². The number of hydrogen-bond donors (Lipinski definition) is 1. The molecule has 1 rings (SSSR count). The molecule has 1 N–H and O–H groups in total. The molecule has 16 heavy (non-hydrogen) atoms. The zero-order chi connectivity index (χ0) is 12.2. The molecule has 0 fully saturated rings. The standard InChI is InChI=1S/C10H12ClNO3S/c1-2-8-3-5-9(6-4-8)16(14,15)12-7-10(11)13/h3-6,12H,2,7H2,1H3. The summed E-state index contributed by atoms with van der Waals surface area (Å²) in [5.74, 6) is 0. The van der Waals surface area contributed by atoms with Crippen LogP contribution in [0.3, 0.4) is 0 Å². The van der Waals surface area contributed by atoms with Crippen LogP contribution in [0.15, 0.2) is 29.2 Å². The second-order valence-corrected chi connectivity index (χ2v) is 5.37. The fourth-order valence-corrected chi connectivity index (χ4v) is 2.27. The summed E-state index contributed by atoms with van der Waals surface area (Å²) in [6.07, 6.45) is 0.841. The van der Waals surface area contributed by atoms with Crippen LogP contribution in [0.1, 0.15) is 12.5 Å². The Labute approximate surface area is 99.7 Å². The number of hydrogen-bond acceptors (Lipinski definition) is 3. The molecule has 0 heterocycles. The van der Waals surface area contributed by atoms with Crippen LogP contribution in [0, 0.1) is 0 Å². The number of carbonyl (C=O) groups is 1. The maximum absolute atomic E-state index is 11.6. The molecule has 0 unspecified atom stereocenters. The molecule has 4 nitrogen and oxygen atoms in total. The minimum absolute atomic E-state index is 0.127. The van der Waals surface area contributed by atoms with Gasteiger partial charge in [-0.1, -0.05) is 19.1 Å². The van der Waals surface area contributed by atoms with Crippen molar-refractivity contribution in [3.8, 4) is 0 Å². The van der Waals surface area contributed by atoms with Crippen molar-refractivity contribution >= 4 is 26.9 Å². The lowest BCUT2D eigenvalue weighted by molar-refractivity contribution is -0.110. The number of aryl methyl sites for hydroxylation is 1. The Bertz CT molecular complexity index is 467. The molecule has 0 atom stereocenters. The van der Waals surface area contributed by atoms with E-state index in [9.17, 15) is 13.2 Å². The van der Waals surface area contributed by atoms with Gasteiger partial charge < -0.3 is 0 Å². The normalized spacial score (nSPS) is 11.4. The fraction of sp³-hybridized carbons (Fsp3) is 0.300. The summed E-state index contributed by atoms with van der Waals surface area (Å²) in [5, 5.41) is -0.742. The summed E-state index contributed by atoms with van der Waals surface area (Å²) in [6, 6.07) is 6.47. The molecule has 0 aliphatic rings. The van der Waals surface area contributed by atoms with Gasteiger partial charge in [0.15, 0.2) is 0 Å². The van der Waals surface area contributed by atoms with Crippen LogP contribution < -0.4 is 4.72 Å². The van der Waals surface area contributed by atoms with Crippen molar-refractivity contribution in [1.29, 1.82) is 0 Å². The van der Waals surface area contributed by atoms with E-state index in [0.717, 1.165) is 12.0 Å². The second kappa shape index (κ2) is 5.43. The molecule has 1 aromatic carbocycles. The Kier molecular flexibility index (Phi) is 4.46. The number of rotatable bonds is 5. The Morgan fingerprint density at radius 3 is 2.31 bits per heavy atom. The Morgan fingerprint density at radius 1 is 1.31 bits per heavy atom. The first-order valence-electron chi connectivity index (χ1n) is 4.72. The van der Waals surface area contributed by atoms with Crippen LogP contribution in [0.4, 0.5) is 0 Å². The maximum atomic E-state index is 11.6. The maximum Gasteiger partial charge on any atom is 0.241 e. The van der Waals surface area contributed by atoms with Gasteiger partial charge in [-0.15, -0.1) is 0 Å². The molecule has 6 heteroatoms. The van der Waals surface area contributed by atoms with Gasteiger partial charge >= 0.3 is 0 Å². The zero-order valence-electron chi connectivity index (χ0n) is 8.73. The average Bonchev–Trinajstić information content (AvgIpc) is 2.27. The first kappa shape index (κ1) is 13.2. The highest BCUT2D eigenvalue weighted by Gasteiger charge is 2.14. The van der Waals surface area contributed by atoms with Crippen LogP contribution in [0.2, 0.25) is 0 Å². The van der Waals surface area contributed by atoms with Gasteiger partial charge in [0.2, 0.25) is 15.3 Å². The van der Waals surface area contributed by atoms with E-state index in [-0.39, 0.29) is 4.90 Å². The average molecular weight is 262 g/mol. The molecule has 0 saturated heterocycles. The van der Waals surface area contributed by atoms with Crippen molar-refractivity contribution < 1.29 is 13.2 Å². The summed E-state index contributed by atoms with van der Waals surface area (Å²) in [6.45, 7) is 1.58. The SMILES string of the molecule is CCc1ccc(S(=O)(=O)NCC(=O)Cl)cc1. The topological polar surface area (TPSA) is 63.2 Å². The van der Waals surface area contributed by atoms with Crippen LogP contribution in [-0.2, 0) is 21.2 Å². The first-order chi connectivity index (χ1) is 7.45. The van der Waals surface area contributed by atoms with Crippen LogP contribution in [-0.4, -0.2) is 20.2 Å². The molecule has 1 aromatic rings. The van der Waals surface area contributed by atoms with Gasteiger partial charge in [-0.25, -0.2) is 13.1 Å². The largest absolute Gasteiger partial charge is 0.280 e. The van der Waals surface area contributed by atoms with Crippen LogP contribution in [0.5, 0.6) is 0 Å². The third-order valence-corrected chi connectivity index (χ3v) is 3.59. The molecular weight excluding hydrogens is 250 g/mol. The summed E-state index contributed by atoms with van der Waals surface area (Å²) < 4.78 is 25.3. The van der Waals surface area contributed by atoms with E-state index < -0.39 is 21.8 Å². The highest BCUT2D eigenvalue weighted by molar-refractivity contribution is 7.89. The second-order valence-electron chi connectivity index (χ2n) is 3.18. The molecule has 0 bridgehead atoms. The Balaban J connectivity index is 2.85. The molecule has 88 valence electrons. The van der Waals surface area contributed by atoms with Gasteiger partial charge in [-0.2, -0.15) is 0 Å². The van der Waals surface area contributed by atoms with E-state index >= 15 is 0 Å². The zero-order valence-corrected chi connectivity index (χ0v) is 10.3. The predicted octanol–water partition coefficient (Wildman–Crippen LogP) is 1.29. The highest BCUT2D eigenvalue weighted by atomic mass is 35.5. The smallest absolute Gasteiger partial charge is 0.241 e. The molecule has 0 aliphatic carbocycles. The number of carbonyl (C=O) groups excluding carboxylic acids is 1. The third-order valence-electron chi connectivity index (χ3n) is 2.04. The molecule has 0 aliphatic heterocycles. The molecule has 0 radical (unpaired) electrons. The summed E-state index contributed by atoms with van der Waals surface area (Å²) >= 11 is 5.05. The molecule has 0 aromatic heterocycles. The summed E-state index contributed by atoms with van der Waals surface area (Å²) in [4.78, 5) is 10.6. The number of sulfonamides is 1. The molecule has 0 amide bonds. The quantitative estimate of drug-likeness (QED) is 0.813. The van der Waals surface area contributed by atoms with Crippen LogP contribution >= 0.6 is 11.6 Å². The minimum atomic E-state index is -3.64. The summed E-state index contributed by atoms with van der Waals surface area (Å²) in [7, 11) is -3.64. The van der Waals surface area contributed by atoms with Crippen LogP contribution in [0.25, 0.3) is 0 Å². The minimum Gasteiger partial charge on any atom is -0.280 e. The van der Waals surface area contributed by atoms with Gasteiger partial charge in [0.05, 0.1) is 11.4 Å². The van der Waals surface area contributed by atoms with Crippen molar-refractivity contribution in [3.05, 3.63) is 29.8 Å². The number of halogens is 1. The Hall–Kier alpha value is -0.910. The van der Waals surface area contributed by atoms with Gasteiger partial charge in [-0.05, 0) is 35.7 Å². The Morgan fingerprint density at radius 2 is 1.88 bits per heavy atom. The van der Waals surface area contributed by atoms with E-state index in [1.54, 1.807) is 12.1 Å². The van der Waals surface area contributed by atoms with Crippen molar-refractivity contribution in [2.45, 2.75) is 18.2 Å². The van der Waals surface area contributed by atoms with Gasteiger partial charge in [0.1, 0.15) is 0 Å². The third kappa shape index (κ3) is 3.59. The molecule has 0 spiro atoms. The first-order valence-corrected chi connectivity index (χ1v) is 6.58. The van der Waals surface area contributed by atoms with Crippen molar-refractivity contribution in [2.24, 2.45) is 0 Å². The number of nitrogens with one attached hydrogen (secondary N) is 1. The van der Waals surface area contributed by atoms with E-state index in [0.29, 0.717) is 0 Å². The monoisotopic (exact) mass is 261 g/mol. The van der Waals surface area contributed by atoms with E-state index in [2.05, 4.69) is 4.72 Å². The lowest BCUT2D eigenvalue weighted by Gasteiger charge is -2.05. The highest BCUT2D eigenvalue weighted by Crippen LogP contribution is 2.10. The lowest BCUT2D eigenvalue weighted by Crippen LogP contribution is -2.27. The summed E-state index contributed by atoms with van der Waals surface area (Å²) in [5.41, 5.74) is 1.05. The fourth-order valence-electron chi connectivity index (χ4n) is 1.14. The van der Waals surface area contributed by atoms with Crippen molar-refractivity contribution in [2.75, 3.05) is 6.54 Å². The van der Waals surface area contributed by atoms with Gasteiger partial charge in [-0.3, -0.25) is 4.79 Å². The van der Waals surface area contributed by atoms with E-state index in [1.165, 1.54) is 12.1 Å². The van der Waals surface area contributed by atoms with E-state index in [1.807, 2.05) is 6.92 Å². The molecular formula is C10H12ClNO3S. The predicted molar refractivity (Wildman–Crippen MR) is 61.9 cm³/mol. The lowest BCUT2D eigenvalue weighted by atomic mass is 10.2. The van der Waals surface area contributed by atoms with Gasteiger partial charge in [0, 0.05) is 0 Å². The van der Waals surface area contributed by atoms with Gasteiger partial charge in [0.25, 0.3) is 0 Å². The van der Waals surface area contributed by atoms with E-state index in [4.69, 9.17) is 11.6 Å². The number of benzene rings is 1. The van der Waals surface area contributed by atoms with Crippen molar-refractivity contribution in [1.82, 2.24) is 4.72 Å².